The van der Waals surface area contributed by atoms with Crippen molar-refractivity contribution < 1.29 is 47.8 Å². The van der Waals surface area contributed by atoms with Crippen molar-refractivity contribution in [3.63, 3.8) is 0 Å². The van der Waals surface area contributed by atoms with E-state index in [4.69, 9.17) is 25.9 Å². The number of anilines is 1. The van der Waals surface area contributed by atoms with Gasteiger partial charge in [0.15, 0.2) is 10.8 Å². The molecule has 1 unspecified atom stereocenters. The molecule has 0 aliphatic carbocycles. The van der Waals surface area contributed by atoms with Crippen molar-refractivity contribution in [2.24, 2.45) is 5.16 Å². The largest absolute Gasteiger partial charge is 0.511 e. The molecule has 0 bridgehead atoms. The number of carbonyl (C=O) groups is 5. The number of esters is 1. The molecule has 3 rings (SSSR count). The Kier molecular flexibility index (Phi) is 10.9. The summed E-state index contributed by atoms with van der Waals surface area (Å²) in [6.07, 6.45) is -1.02. The van der Waals surface area contributed by atoms with Crippen LogP contribution >= 0.6 is 34.7 Å². The Morgan fingerprint density at radius 1 is 1.23 bits per heavy atom. The predicted octanol–water partition coefficient (Wildman–Crippen LogP) is 0.645. The fraction of sp³-hybridized carbons (Fsp3) is 0.476. The van der Waals surface area contributed by atoms with Crippen LogP contribution in [0.2, 0.25) is 0 Å². The van der Waals surface area contributed by atoms with Gasteiger partial charge in [-0.05, 0) is 12.5 Å². The van der Waals surface area contributed by atoms with E-state index in [0.717, 1.165) is 11.3 Å². The molecule has 2 atom stereocenters. The number of aromatic nitrogens is 1. The number of thioether (sulfide) groups is 1. The van der Waals surface area contributed by atoms with Crippen LogP contribution in [0.5, 0.6) is 0 Å². The molecule has 0 spiro atoms. The number of oxime groups is 1. The molecule has 2 N–H and O–H groups in total. The number of β-lactam (4-membered cyclic amide) rings is 1. The summed E-state index contributed by atoms with van der Waals surface area (Å²) in [4.78, 5) is 71.9. The number of fused-ring (bicyclic) bond motifs is 1. The Morgan fingerprint density at radius 2 is 2.00 bits per heavy atom. The highest BCUT2D eigenvalue weighted by Crippen LogP contribution is 2.40. The molecule has 2 aliphatic heterocycles. The SMILES string of the molecule is CCOC(=O)OCOC(=O)C1=C(COC)CS[C@@H]2C(NC(=O)/C(=N\OC)c3csc(NC(=O)CCl)n3)C(=O)N12. The fourth-order valence-electron chi connectivity index (χ4n) is 3.41. The Hall–Kier alpha value is -3.41. The minimum Gasteiger partial charge on any atom is -0.435 e. The van der Waals surface area contributed by atoms with Gasteiger partial charge >= 0.3 is 12.1 Å². The quantitative estimate of drug-likeness (QED) is 0.0847. The number of ether oxygens (including phenoxy) is 4. The number of methoxy groups -OCH3 is 1. The maximum absolute atomic E-state index is 13.1. The number of hydrogen-bond donors (Lipinski definition) is 2. The third-order valence-corrected chi connectivity index (χ3v) is 7.33. The molecule has 15 nitrogen and oxygen atoms in total. The van der Waals surface area contributed by atoms with Crippen molar-refractivity contribution in [1.29, 1.82) is 0 Å². The second-order valence-electron chi connectivity index (χ2n) is 7.47. The number of carbonyl (C=O) groups excluding carboxylic acids is 5. The lowest BCUT2D eigenvalue weighted by molar-refractivity contribution is -0.157. The molecule has 18 heteroatoms. The minimum atomic E-state index is -1.02. The molecule has 1 aromatic heterocycles. The van der Waals surface area contributed by atoms with E-state index in [9.17, 15) is 24.0 Å². The normalized spacial score (nSPS) is 18.5. The predicted molar refractivity (Wildman–Crippen MR) is 138 cm³/mol. The summed E-state index contributed by atoms with van der Waals surface area (Å²) in [5.74, 6) is -2.73. The van der Waals surface area contributed by atoms with Crippen molar-refractivity contribution in [2.45, 2.75) is 18.3 Å². The molecule has 1 aromatic rings. The summed E-state index contributed by atoms with van der Waals surface area (Å²) in [5, 5.41) is 9.78. The topological polar surface area (TPSA) is 184 Å². The van der Waals surface area contributed by atoms with Crippen LogP contribution in [0.4, 0.5) is 9.93 Å². The van der Waals surface area contributed by atoms with Gasteiger partial charge in [-0.25, -0.2) is 14.6 Å². The van der Waals surface area contributed by atoms with Crippen LogP contribution in [-0.2, 0) is 43.0 Å². The van der Waals surface area contributed by atoms with E-state index in [0.29, 0.717) is 11.3 Å². The van der Waals surface area contributed by atoms with E-state index in [1.807, 2.05) is 0 Å². The second-order valence-corrected chi connectivity index (χ2v) is 9.70. The van der Waals surface area contributed by atoms with Gasteiger partial charge in [-0.2, -0.15) is 0 Å². The molecule has 3 amide bonds. The monoisotopic (exact) mass is 605 g/mol. The maximum Gasteiger partial charge on any atom is 0.511 e. The zero-order chi connectivity index (χ0) is 28.5. The van der Waals surface area contributed by atoms with Crippen LogP contribution < -0.4 is 10.6 Å². The molecule has 1 saturated heterocycles. The summed E-state index contributed by atoms with van der Waals surface area (Å²) in [6, 6.07) is -1.01. The van der Waals surface area contributed by atoms with Crippen molar-refractivity contribution in [1.82, 2.24) is 15.2 Å². The highest BCUT2D eigenvalue weighted by Gasteiger charge is 2.54. The first-order valence-corrected chi connectivity index (χ1v) is 13.6. The number of rotatable bonds is 12. The van der Waals surface area contributed by atoms with E-state index < -0.39 is 48.1 Å². The van der Waals surface area contributed by atoms with Crippen LogP contribution in [0.1, 0.15) is 12.6 Å². The summed E-state index contributed by atoms with van der Waals surface area (Å²) < 4.78 is 19.4. The summed E-state index contributed by atoms with van der Waals surface area (Å²) in [7, 11) is 2.66. The number of thiazole rings is 1. The van der Waals surface area contributed by atoms with Gasteiger partial charge in [-0.15, -0.1) is 34.7 Å². The first-order chi connectivity index (χ1) is 18.7. The highest BCUT2D eigenvalue weighted by molar-refractivity contribution is 8.00. The molecular weight excluding hydrogens is 582 g/mol. The van der Waals surface area contributed by atoms with Gasteiger partial charge in [0.25, 0.3) is 11.8 Å². The van der Waals surface area contributed by atoms with Gasteiger partial charge in [0.2, 0.25) is 12.7 Å². The molecule has 39 heavy (non-hydrogen) atoms. The lowest BCUT2D eigenvalue weighted by Gasteiger charge is -2.49. The van der Waals surface area contributed by atoms with Crippen LogP contribution in [0, 0.1) is 0 Å². The number of halogens is 1. The van der Waals surface area contributed by atoms with Crippen molar-refractivity contribution >= 4 is 75.4 Å². The van der Waals surface area contributed by atoms with E-state index in [-0.39, 0.29) is 41.3 Å². The number of nitrogens with one attached hydrogen (secondary N) is 2. The Balaban J connectivity index is 1.71. The van der Waals surface area contributed by atoms with Gasteiger partial charge in [0.1, 0.15) is 35.8 Å². The number of hydrogen-bond acceptors (Lipinski definition) is 14. The Morgan fingerprint density at radius 3 is 2.67 bits per heavy atom. The standard InChI is InChI=1S/C21H24ClN5O10S2/c1-4-35-21(32)37-9-36-19(31)15-10(6-33-2)7-38-18-14(17(30)27(15)18)25-16(29)13(26-34-3)11-8-39-20(23-11)24-12(28)5-22/h8,14,18H,4-7,9H2,1-3H3,(H,25,29)(H,23,24,28)/b26-13-/t14?,18-/m1/s1. The smallest absolute Gasteiger partial charge is 0.435 e. The lowest BCUT2D eigenvalue weighted by Crippen LogP contribution is -2.71. The molecular formula is C21H24ClN5O10S2. The first-order valence-electron chi connectivity index (χ1n) is 11.1. The number of alkyl halides is 1. The zero-order valence-electron chi connectivity index (χ0n) is 20.9. The lowest BCUT2D eigenvalue weighted by atomic mass is 10.0. The van der Waals surface area contributed by atoms with Crippen LogP contribution in [-0.4, -0.2) is 103 Å². The zero-order valence-corrected chi connectivity index (χ0v) is 23.3. The van der Waals surface area contributed by atoms with E-state index in [2.05, 4.69) is 30.2 Å². The van der Waals surface area contributed by atoms with Gasteiger partial charge in [-0.1, -0.05) is 5.16 Å². The van der Waals surface area contributed by atoms with Crippen LogP contribution in [0.15, 0.2) is 21.8 Å². The maximum atomic E-state index is 13.1. The molecule has 2 aliphatic rings. The van der Waals surface area contributed by atoms with E-state index in [1.165, 1.54) is 36.3 Å². The van der Waals surface area contributed by atoms with Gasteiger partial charge in [0, 0.05) is 18.2 Å². The molecule has 0 radical (unpaired) electrons. The average Bonchev–Trinajstić information content (AvgIpc) is 3.37. The average molecular weight is 606 g/mol. The third-order valence-electron chi connectivity index (χ3n) is 4.99. The van der Waals surface area contributed by atoms with Gasteiger partial charge in [-0.3, -0.25) is 19.3 Å². The van der Waals surface area contributed by atoms with Crippen molar-refractivity contribution in [3.8, 4) is 0 Å². The number of nitrogens with zero attached hydrogens (tertiary/aromatic N) is 3. The summed E-state index contributed by atoms with van der Waals surface area (Å²) >= 11 is 7.82. The molecule has 1 fully saturated rings. The summed E-state index contributed by atoms with van der Waals surface area (Å²) in [5.41, 5.74) is 0.276. The van der Waals surface area contributed by atoms with Gasteiger partial charge < -0.3 is 34.4 Å². The molecule has 212 valence electrons. The van der Waals surface area contributed by atoms with E-state index >= 15 is 0 Å². The van der Waals surface area contributed by atoms with Gasteiger partial charge in [0.05, 0.1) is 13.2 Å². The highest BCUT2D eigenvalue weighted by atomic mass is 35.5. The Labute approximate surface area is 235 Å². The fourth-order valence-corrected chi connectivity index (χ4v) is 5.52. The minimum absolute atomic E-state index is 0.0424. The molecule has 0 aromatic carbocycles. The van der Waals surface area contributed by atoms with Crippen molar-refractivity contribution in [3.05, 3.63) is 22.3 Å². The second kappa shape index (κ2) is 14.1. The first kappa shape index (κ1) is 30.1. The third kappa shape index (κ3) is 7.17. The van der Waals surface area contributed by atoms with Crippen LogP contribution in [0.25, 0.3) is 0 Å². The van der Waals surface area contributed by atoms with Crippen molar-refractivity contribution in [2.75, 3.05) is 51.2 Å². The Bertz CT molecular complexity index is 1190. The van der Waals surface area contributed by atoms with Crippen LogP contribution in [0.3, 0.4) is 0 Å². The molecule has 3 heterocycles. The van der Waals surface area contributed by atoms with E-state index in [1.54, 1.807) is 6.92 Å². The number of amides is 3. The molecule has 0 saturated carbocycles. The summed E-state index contributed by atoms with van der Waals surface area (Å²) in [6.45, 7) is 0.982.